The molecule has 2 aliphatic heterocycles. The predicted molar refractivity (Wildman–Crippen MR) is 200 cm³/mol. The maximum absolute atomic E-state index is 11.5. The summed E-state index contributed by atoms with van der Waals surface area (Å²) in [6.45, 7) is 14.2. The van der Waals surface area contributed by atoms with Crippen LogP contribution in [0.5, 0.6) is 0 Å². The van der Waals surface area contributed by atoms with Gasteiger partial charge in [-0.3, -0.25) is 0 Å². The third-order valence-corrected chi connectivity index (χ3v) is 18.0. The number of aliphatic hydroxyl groups is 10. The van der Waals surface area contributed by atoms with E-state index in [1.807, 2.05) is 13.8 Å². The zero-order chi connectivity index (χ0) is 41.1. The van der Waals surface area contributed by atoms with Crippen molar-refractivity contribution in [2.75, 3.05) is 19.8 Å². The van der Waals surface area contributed by atoms with E-state index in [0.717, 1.165) is 44.9 Å². The van der Waals surface area contributed by atoms with E-state index in [0.29, 0.717) is 18.8 Å². The Hall–Kier alpha value is -0.560. The lowest BCUT2D eigenvalue weighted by atomic mass is 9.32. The molecule has 0 spiro atoms. The second-order valence-electron chi connectivity index (χ2n) is 21.2. The van der Waals surface area contributed by atoms with E-state index < -0.39 is 97.8 Å². The largest absolute Gasteiger partial charge is 0.396 e. The quantitative estimate of drug-likeness (QED) is 0.153. The van der Waals surface area contributed by atoms with Gasteiger partial charge in [0.25, 0.3) is 0 Å². The van der Waals surface area contributed by atoms with Gasteiger partial charge in [0.05, 0.1) is 31.0 Å². The van der Waals surface area contributed by atoms with Crippen LogP contribution >= 0.6 is 0 Å². The molecule has 7 aliphatic rings. The Morgan fingerprint density at radius 1 is 0.643 bits per heavy atom. The first kappa shape index (κ1) is 43.5. The molecule has 0 radical (unpaired) electrons. The highest BCUT2D eigenvalue weighted by Gasteiger charge is 2.72. The minimum atomic E-state index is -1.75. The average Bonchev–Trinajstić information content (AvgIpc) is 3.45. The molecule has 0 aromatic heterocycles. The van der Waals surface area contributed by atoms with Crippen molar-refractivity contribution in [2.45, 2.75) is 185 Å². The molecule has 14 heteroatoms. The molecule has 14 nitrogen and oxygen atoms in total. The molecule has 7 rings (SSSR count). The molecular weight excluding hydrogens is 728 g/mol. The SMILES string of the molecule is CC(C)(O)[C@H]1[C@@H]2[C@H]3CC[C@@H]4[C@@]5(C)CC[C@H](O[C@@H]6O[C@H](CO)[C@@H](O)[C@H](O)[C@H]6O[C@@H]6O[C@H](CO)[C@@H](O)[C@H](O)[C@H]6O)C(C)(C)[C@@H]5CC[C@@]4(C)[C@]3(C)CC[C@@]2(CO)C[C@@H]1O. The Morgan fingerprint density at radius 2 is 1.27 bits per heavy atom. The molecule has 0 aromatic rings. The summed E-state index contributed by atoms with van der Waals surface area (Å²) in [7, 11) is 0. The number of aliphatic hydroxyl groups excluding tert-OH is 9. The topological polar surface area (TPSA) is 239 Å². The van der Waals surface area contributed by atoms with Gasteiger partial charge in [-0.1, -0.05) is 34.6 Å². The van der Waals surface area contributed by atoms with Gasteiger partial charge in [-0.25, -0.2) is 0 Å². The molecule has 0 aromatic carbocycles. The van der Waals surface area contributed by atoms with Crippen LogP contribution in [0.1, 0.15) is 106 Å². The van der Waals surface area contributed by atoms with E-state index in [2.05, 4.69) is 34.6 Å². The van der Waals surface area contributed by atoms with Gasteiger partial charge in [-0.2, -0.15) is 0 Å². The summed E-state index contributed by atoms with van der Waals surface area (Å²) in [5.74, 6) is 0.611. The van der Waals surface area contributed by atoms with Crippen LogP contribution in [0.25, 0.3) is 0 Å². The van der Waals surface area contributed by atoms with E-state index in [1.54, 1.807) is 0 Å². The molecule has 0 unspecified atom stereocenters. The van der Waals surface area contributed by atoms with Gasteiger partial charge in [0.1, 0.15) is 48.8 Å². The minimum absolute atomic E-state index is 0.0182. The van der Waals surface area contributed by atoms with Crippen LogP contribution < -0.4 is 0 Å². The van der Waals surface area contributed by atoms with Crippen molar-refractivity contribution in [1.29, 1.82) is 0 Å². The van der Waals surface area contributed by atoms with Gasteiger partial charge in [-0.15, -0.1) is 0 Å². The highest BCUT2D eigenvalue weighted by Crippen LogP contribution is 2.77. The monoisotopic (exact) mass is 800 g/mol. The van der Waals surface area contributed by atoms with E-state index in [-0.39, 0.29) is 51.9 Å². The summed E-state index contributed by atoms with van der Waals surface area (Å²) in [4.78, 5) is 0. The van der Waals surface area contributed by atoms with Crippen molar-refractivity contribution in [3.05, 3.63) is 0 Å². The molecule has 2 heterocycles. The maximum Gasteiger partial charge on any atom is 0.187 e. The van der Waals surface area contributed by atoms with Crippen LogP contribution in [-0.4, -0.2) is 150 Å². The van der Waals surface area contributed by atoms with Gasteiger partial charge in [0.15, 0.2) is 12.6 Å². The molecule has 0 bridgehead atoms. The van der Waals surface area contributed by atoms with Gasteiger partial charge in [0, 0.05) is 12.5 Å². The van der Waals surface area contributed by atoms with Crippen LogP contribution in [0.4, 0.5) is 0 Å². The van der Waals surface area contributed by atoms with Crippen LogP contribution in [0.3, 0.4) is 0 Å². The normalized spacial score (nSPS) is 55.8. The Bertz CT molecular complexity index is 1410. The number of hydrogen-bond acceptors (Lipinski definition) is 14. The summed E-state index contributed by atoms with van der Waals surface area (Å²) >= 11 is 0. The fourth-order valence-corrected chi connectivity index (χ4v) is 15.0. The Labute approximate surface area is 331 Å². The first-order valence-electron chi connectivity index (χ1n) is 21.3. The van der Waals surface area contributed by atoms with Crippen LogP contribution in [-0.2, 0) is 18.9 Å². The zero-order valence-corrected chi connectivity index (χ0v) is 34.4. The first-order valence-corrected chi connectivity index (χ1v) is 21.3. The molecule has 2 saturated heterocycles. The molecule has 324 valence electrons. The summed E-state index contributed by atoms with van der Waals surface area (Å²) in [5, 5.41) is 107. The minimum Gasteiger partial charge on any atom is -0.396 e. The highest BCUT2D eigenvalue weighted by atomic mass is 16.8. The summed E-state index contributed by atoms with van der Waals surface area (Å²) < 4.78 is 24.4. The number of hydrogen-bond donors (Lipinski definition) is 10. The first-order chi connectivity index (χ1) is 26.1. The van der Waals surface area contributed by atoms with Crippen molar-refractivity contribution in [3.63, 3.8) is 0 Å². The smallest absolute Gasteiger partial charge is 0.187 e. The van der Waals surface area contributed by atoms with Crippen molar-refractivity contribution in [2.24, 2.45) is 56.7 Å². The molecule has 0 amide bonds. The fourth-order valence-electron chi connectivity index (χ4n) is 15.0. The van der Waals surface area contributed by atoms with E-state index in [1.165, 1.54) is 0 Å². The standard InChI is InChI=1S/C42H72O14/c1-37(2)24-10-13-41(7)25(9-8-20-27-28(38(3,4)52)21(46)16-42(27,19-45)15-14-40(20,41)6)39(24,5)12-11-26(37)55-36-34(32(50)30(48)23(18-44)54-36)56-35-33(51)31(49)29(47)22(17-43)53-35/h20-36,43-52H,8-19H2,1-7H3/t20-,21+,22-,23-,24+,25-,26+,27+,28-,29-,30-,31+,32+,33-,34-,35+,36+,39+,40-,41-,42+/m1/s1. The second-order valence-corrected chi connectivity index (χ2v) is 21.2. The Morgan fingerprint density at radius 3 is 1.88 bits per heavy atom. The van der Waals surface area contributed by atoms with E-state index in [9.17, 15) is 51.1 Å². The average molecular weight is 801 g/mol. The summed E-state index contributed by atoms with van der Waals surface area (Å²) in [5.41, 5.74) is -1.99. The second kappa shape index (κ2) is 14.8. The van der Waals surface area contributed by atoms with Gasteiger partial charge in [0.2, 0.25) is 0 Å². The molecule has 7 fully saturated rings. The number of fused-ring (bicyclic) bond motifs is 7. The van der Waals surface area contributed by atoms with Crippen LogP contribution in [0.15, 0.2) is 0 Å². The molecule has 5 aliphatic carbocycles. The third-order valence-electron chi connectivity index (χ3n) is 18.0. The zero-order valence-electron chi connectivity index (χ0n) is 34.4. The molecular formula is C42H72O14. The predicted octanol–water partition coefficient (Wildman–Crippen LogP) is 0.811. The molecule has 56 heavy (non-hydrogen) atoms. The fraction of sp³-hybridized carbons (Fsp3) is 1.00. The summed E-state index contributed by atoms with van der Waals surface area (Å²) in [6, 6.07) is 0. The third kappa shape index (κ3) is 6.32. The lowest BCUT2D eigenvalue weighted by Crippen LogP contribution is -2.68. The lowest BCUT2D eigenvalue weighted by Gasteiger charge is -2.73. The molecule has 10 N–H and O–H groups in total. The van der Waals surface area contributed by atoms with Crippen LogP contribution in [0, 0.1) is 56.7 Å². The maximum atomic E-state index is 11.5. The number of rotatable bonds is 8. The lowest BCUT2D eigenvalue weighted by molar-refractivity contribution is -0.378. The van der Waals surface area contributed by atoms with Crippen molar-refractivity contribution >= 4 is 0 Å². The van der Waals surface area contributed by atoms with Crippen molar-refractivity contribution < 1.29 is 70.0 Å². The Kier molecular flexibility index (Phi) is 11.5. The molecule has 21 atom stereocenters. The van der Waals surface area contributed by atoms with E-state index >= 15 is 0 Å². The van der Waals surface area contributed by atoms with Gasteiger partial charge in [-0.05, 0) is 122 Å². The van der Waals surface area contributed by atoms with E-state index in [4.69, 9.17) is 18.9 Å². The molecule has 5 saturated carbocycles. The van der Waals surface area contributed by atoms with Crippen molar-refractivity contribution in [1.82, 2.24) is 0 Å². The highest BCUT2D eigenvalue weighted by molar-refractivity contribution is 5.21. The van der Waals surface area contributed by atoms with Gasteiger partial charge >= 0.3 is 0 Å². The Balaban J connectivity index is 1.13. The van der Waals surface area contributed by atoms with Crippen molar-refractivity contribution in [3.8, 4) is 0 Å². The summed E-state index contributed by atoms with van der Waals surface area (Å²) in [6.07, 6.45) is -8.35. The number of ether oxygens (including phenoxy) is 4. The van der Waals surface area contributed by atoms with Crippen LogP contribution in [0.2, 0.25) is 0 Å². The van der Waals surface area contributed by atoms with Gasteiger partial charge < -0.3 is 70.0 Å².